The number of aryl methyl sites for hydroxylation is 2. The number of aromatic nitrogens is 4. The number of nitrogens with zero attached hydrogens (tertiary/aromatic N) is 4. The third-order valence-corrected chi connectivity index (χ3v) is 4.15. The van der Waals surface area contributed by atoms with Crippen LogP contribution in [0.15, 0.2) is 12.3 Å². The van der Waals surface area contributed by atoms with Crippen LogP contribution < -0.4 is 0 Å². The zero-order valence-corrected chi connectivity index (χ0v) is 13.5. The van der Waals surface area contributed by atoms with Crippen LogP contribution in [0.5, 0.6) is 0 Å². The largest absolute Gasteiger partial charge is 0.476 e. The van der Waals surface area contributed by atoms with Gasteiger partial charge in [0.05, 0.1) is 5.69 Å². The van der Waals surface area contributed by atoms with Gasteiger partial charge in [-0.05, 0) is 18.9 Å². The van der Waals surface area contributed by atoms with Crippen LogP contribution in [-0.4, -0.2) is 42.3 Å². The van der Waals surface area contributed by atoms with E-state index in [4.69, 9.17) is 5.11 Å². The molecule has 0 aromatic carbocycles. The molecule has 0 atom stereocenters. The van der Waals surface area contributed by atoms with Crippen molar-refractivity contribution in [1.82, 2.24) is 24.6 Å². The molecule has 0 saturated heterocycles. The van der Waals surface area contributed by atoms with Crippen LogP contribution in [0.1, 0.15) is 53.9 Å². The average molecular weight is 317 g/mol. The summed E-state index contributed by atoms with van der Waals surface area (Å²) in [5.41, 5.74) is 2.21. The molecule has 0 radical (unpaired) electrons. The summed E-state index contributed by atoms with van der Waals surface area (Å²) >= 11 is 0. The Balaban J connectivity index is 1.66. The highest BCUT2D eigenvalue weighted by atomic mass is 16.4. The van der Waals surface area contributed by atoms with Crippen LogP contribution in [0.2, 0.25) is 0 Å². The van der Waals surface area contributed by atoms with Gasteiger partial charge in [0.15, 0.2) is 5.69 Å². The molecule has 2 N–H and O–H groups in total. The lowest BCUT2D eigenvalue weighted by atomic mass is 10.2. The monoisotopic (exact) mass is 317 g/mol. The van der Waals surface area contributed by atoms with Crippen LogP contribution in [0.25, 0.3) is 0 Å². The second kappa shape index (κ2) is 6.95. The molecule has 3 heterocycles. The van der Waals surface area contributed by atoms with Crippen molar-refractivity contribution in [1.29, 1.82) is 0 Å². The van der Waals surface area contributed by atoms with Crippen LogP contribution in [0.3, 0.4) is 0 Å². The molecule has 1 aliphatic heterocycles. The molecular formula is C16H23N5O2. The number of H-pyrrole nitrogens is 1. The number of hydrogen-bond acceptors (Lipinski definition) is 4. The van der Waals surface area contributed by atoms with Crippen molar-refractivity contribution < 1.29 is 9.90 Å². The fourth-order valence-electron chi connectivity index (χ4n) is 2.97. The number of aromatic carboxylic acids is 1. The van der Waals surface area contributed by atoms with E-state index in [-0.39, 0.29) is 5.69 Å². The van der Waals surface area contributed by atoms with Crippen LogP contribution in [-0.2, 0) is 26.1 Å². The fraction of sp³-hybridized carbons (Fsp3) is 0.562. The van der Waals surface area contributed by atoms with Crippen molar-refractivity contribution in [3.05, 3.63) is 35.2 Å². The maximum Gasteiger partial charge on any atom is 0.356 e. The van der Waals surface area contributed by atoms with E-state index in [2.05, 4.69) is 26.9 Å². The third-order valence-electron chi connectivity index (χ3n) is 4.15. The van der Waals surface area contributed by atoms with Crippen molar-refractivity contribution in [3.8, 4) is 0 Å². The number of unbranched alkanes of at least 4 members (excludes halogenated alkanes) is 1. The molecule has 0 saturated carbocycles. The van der Waals surface area contributed by atoms with E-state index in [1.54, 1.807) is 6.07 Å². The molecule has 3 rings (SSSR count). The van der Waals surface area contributed by atoms with E-state index in [0.29, 0.717) is 6.54 Å². The Labute approximate surface area is 135 Å². The number of carbonyl (C=O) groups is 1. The minimum Gasteiger partial charge on any atom is -0.476 e. The van der Waals surface area contributed by atoms with Gasteiger partial charge in [0.25, 0.3) is 0 Å². The lowest BCUT2D eigenvalue weighted by molar-refractivity contribution is 0.0689. The number of rotatable bonds is 6. The van der Waals surface area contributed by atoms with Gasteiger partial charge in [0, 0.05) is 44.5 Å². The molecule has 7 nitrogen and oxygen atoms in total. The van der Waals surface area contributed by atoms with E-state index >= 15 is 0 Å². The second-order valence-electron chi connectivity index (χ2n) is 6.07. The van der Waals surface area contributed by atoms with E-state index in [9.17, 15) is 4.79 Å². The Bertz CT molecular complexity index is 676. The zero-order chi connectivity index (χ0) is 16.2. The van der Waals surface area contributed by atoms with Crippen molar-refractivity contribution in [2.75, 3.05) is 6.54 Å². The van der Waals surface area contributed by atoms with Gasteiger partial charge in [-0.25, -0.2) is 9.78 Å². The minimum atomic E-state index is -0.966. The second-order valence-corrected chi connectivity index (χ2v) is 6.07. The summed E-state index contributed by atoms with van der Waals surface area (Å²) in [6.07, 6.45) is 6.18. The first-order valence-corrected chi connectivity index (χ1v) is 8.21. The van der Waals surface area contributed by atoms with Gasteiger partial charge in [-0.2, -0.15) is 5.10 Å². The quantitative estimate of drug-likeness (QED) is 0.851. The third kappa shape index (κ3) is 3.79. The molecule has 0 aliphatic carbocycles. The maximum atomic E-state index is 11.1. The van der Waals surface area contributed by atoms with E-state index in [1.807, 2.05) is 10.9 Å². The first kappa shape index (κ1) is 15.7. The molecule has 124 valence electrons. The highest BCUT2D eigenvalue weighted by Crippen LogP contribution is 2.16. The smallest absolute Gasteiger partial charge is 0.356 e. The molecule has 0 fully saturated rings. The number of imidazole rings is 1. The SMILES string of the molecule is CCCCc1ncc(CN2CCCn3nc(C(=O)O)cc3C2)[nH]1. The first-order valence-electron chi connectivity index (χ1n) is 8.21. The zero-order valence-electron chi connectivity index (χ0n) is 13.5. The van der Waals surface area contributed by atoms with Gasteiger partial charge < -0.3 is 10.1 Å². The number of carboxylic acid groups (broad SMARTS) is 1. The number of aromatic amines is 1. The molecule has 2 aromatic rings. The van der Waals surface area contributed by atoms with Crippen LogP contribution in [0, 0.1) is 0 Å². The normalized spacial score (nSPS) is 15.3. The predicted molar refractivity (Wildman–Crippen MR) is 85.1 cm³/mol. The Hall–Kier alpha value is -2.15. The Kier molecular flexibility index (Phi) is 4.76. The molecule has 23 heavy (non-hydrogen) atoms. The number of fused-ring (bicyclic) bond motifs is 1. The first-order chi connectivity index (χ1) is 11.2. The van der Waals surface area contributed by atoms with Crippen molar-refractivity contribution in [2.45, 2.75) is 52.2 Å². The average Bonchev–Trinajstić information content (AvgIpc) is 3.08. The summed E-state index contributed by atoms with van der Waals surface area (Å²) in [6.45, 7) is 5.42. The van der Waals surface area contributed by atoms with E-state index < -0.39 is 5.97 Å². The van der Waals surface area contributed by atoms with Gasteiger partial charge in [0.1, 0.15) is 5.82 Å². The number of carboxylic acids is 1. The molecule has 0 spiro atoms. The molecule has 0 bridgehead atoms. The molecule has 0 amide bonds. The Morgan fingerprint density at radius 1 is 1.43 bits per heavy atom. The highest BCUT2D eigenvalue weighted by Gasteiger charge is 2.19. The summed E-state index contributed by atoms with van der Waals surface area (Å²) in [7, 11) is 0. The molecule has 2 aromatic heterocycles. The molecule has 7 heteroatoms. The molecular weight excluding hydrogens is 294 g/mol. The van der Waals surface area contributed by atoms with Crippen LogP contribution in [0.4, 0.5) is 0 Å². The van der Waals surface area contributed by atoms with Gasteiger partial charge in [-0.3, -0.25) is 9.58 Å². The maximum absolute atomic E-state index is 11.1. The number of hydrogen-bond donors (Lipinski definition) is 2. The van der Waals surface area contributed by atoms with Gasteiger partial charge in [-0.1, -0.05) is 13.3 Å². The lowest BCUT2D eigenvalue weighted by Crippen LogP contribution is -2.23. The van der Waals surface area contributed by atoms with Crippen molar-refractivity contribution in [3.63, 3.8) is 0 Å². The Morgan fingerprint density at radius 2 is 2.30 bits per heavy atom. The lowest BCUT2D eigenvalue weighted by Gasteiger charge is -2.18. The van der Waals surface area contributed by atoms with E-state index in [1.165, 1.54) is 0 Å². The summed E-state index contributed by atoms with van der Waals surface area (Å²) in [5, 5.41) is 13.2. The molecule has 1 aliphatic rings. The van der Waals surface area contributed by atoms with Gasteiger partial charge in [-0.15, -0.1) is 0 Å². The van der Waals surface area contributed by atoms with Crippen molar-refractivity contribution >= 4 is 5.97 Å². The van der Waals surface area contributed by atoms with Gasteiger partial charge in [0.2, 0.25) is 0 Å². The van der Waals surface area contributed by atoms with E-state index in [0.717, 1.165) is 62.5 Å². The topological polar surface area (TPSA) is 87.0 Å². The summed E-state index contributed by atoms with van der Waals surface area (Å²) in [4.78, 5) is 21.2. The standard InChI is InChI=1S/C16H23N5O2/c1-2-3-5-15-17-9-12(18-15)10-20-6-4-7-21-13(11-20)8-14(19-21)16(22)23/h8-9H,2-7,10-11H2,1H3,(H,17,18)(H,22,23). The van der Waals surface area contributed by atoms with Crippen LogP contribution >= 0.6 is 0 Å². The van der Waals surface area contributed by atoms with Crippen molar-refractivity contribution in [2.24, 2.45) is 0 Å². The highest BCUT2D eigenvalue weighted by molar-refractivity contribution is 5.85. The fourth-order valence-corrected chi connectivity index (χ4v) is 2.97. The molecule has 0 unspecified atom stereocenters. The number of nitrogens with one attached hydrogen (secondary N) is 1. The summed E-state index contributed by atoms with van der Waals surface area (Å²) in [6, 6.07) is 1.68. The minimum absolute atomic E-state index is 0.130. The summed E-state index contributed by atoms with van der Waals surface area (Å²) < 4.78 is 1.82. The summed E-state index contributed by atoms with van der Waals surface area (Å²) in [5.74, 6) is 0.0844. The predicted octanol–water partition coefficient (Wildman–Crippen LogP) is 2.05. The Morgan fingerprint density at radius 3 is 3.09 bits per heavy atom. The van der Waals surface area contributed by atoms with Gasteiger partial charge >= 0.3 is 5.97 Å².